The van der Waals surface area contributed by atoms with E-state index < -0.39 is 17.3 Å². The lowest BCUT2D eigenvalue weighted by molar-refractivity contribution is -0.143. The molecule has 22 heavy (non-hydrogen) atoms. The number of nitrogens with zero attached hydrogens (tertiary/aromatic N) is 1. The van der Waals surface area contributed by atoms with Gasteiger partial charge in [0.1, 0.15) is 0 Å². The molecule has 1 N–H and O–H groups in total. The van der Waals surface area contributed by atoms with E-state index in [9.17, 15) is 14.7 Å². The van der Waals surface area contributed by atoms with Gasteiger partial charge in [-0.1, -0.05) is 38.1 Å². The average Bonchev–Trinajstić information content (AvgIpc) is 2.88. The first-order valence-corrected chi connectivity index (χ1v) is 8.00. The fraction of sp³-hybridized carbons (Fsp3) is 0.556. The van der Waals surface area contributed by atoms with Crippen molar-refractivity contribution in [3.05, 3.63) is 35.4 Å². The Morgan fingerprint density at radius 3 is 2.55 bits per heavy atom. The monoisotopic (exact) mass is 301 g/mol. The van der Waals surface area contributed by atoms with Crippen molar-refractivity contribution in [1.29, 1.82) is 0 Å². The summed E-state index contributed by atoms with van der Waals surface area (Å²) >= 11 is 0. The van der Waals surface area contributed by atoms with E-state index in [4.69, 9.17) is 0 Å². The predicted molar refractivity (Wildman–Crippen MR) is 83.4 cm³/mol. The number of rotatable bonds is 2. The maximum Gasteiger partial charge on any atom is 0.308 e. The molecule has 0 aromatic heterocycles. The van der Waals surface area contributed by atoms with E-state index in [1.807, 2.05) is 26.0 Å². The van der Waals surface area contributed by atoms with Gasteiger partial charge in [-0.3, -0.25) is 9.59 Å². The zero-order valence-corrected chi connectivity index (χ0v) is 13.2. The third-order valence-electron chi connectivity index (χ3n) is 5.38. The molecule has 0 spiro atoms. The molecule has 1 fully saturated rings. The number of carbonyl (C=O) groups excluding carboxylic acids is 1. The van der Waals surface area contributed by atoms with E-state index in [-0.39, 0.29) is 11.8 Å². The molecule has 1 amide bonds. The average molecular weight is 301 g/mol. The summed E-state index contributed by atoms with van der Waals surface area (Å²) in [7, 11) is 0. The fourth-order valence-corrected chi connectivity index (χ4v) is 3.91. The molecule has 118 valence electrons. The van der Waals surface area contributed by atoms with E-state index >= 15 is 0 Å². The Labute approximate surface area is 131 Å². The number of aryl methyl sites for hydroxylation is 1. The third-order valence-corrected chi connectivity index (χ3v) is 5.38. The maximum atomic E-state index is 13.0. The molecule has 3 atom stereocenters. The topological polar surface area (TPSA) is 57.6 Å². The second-order valence-corrected chi connectivity index (χ2v) is 7.14. The van der Waals surface area contributed by atoms with Crippen LogP contribution in [0.4, 0.5) is 0 Å². The number of hydrogen-bond donors (Lipinski definition) is 1. The van der Waals surface area contributed by atoms with Crippen molar-refractivity contribution in [1.82, 2.24) is 4.90 Å². The maximum absolute atomic E-state index is 13.0. The molecule has 1 aromatic carbocycles. The molecule has 1 unspecified atom stereocenters. The quantitative estimate of drug-likeness (QED) is 0.912. The summed E-state index contributed by atoms with van der Waals surface area (Å²) in [5, 5.41) is 9.25. The summed E-state index contributed by atoms with van der Waals surface area (Å²) in [5.41, 5.74) is 2.19. The van der Waals surface area contributed by atoms with Crippen molar-refractivity contribution in [2.75, 3.05) is 13.1 Å². The molecular formula is C18H23NO3. The standard InChI is InChI=1S/C18H23NO3/c1-12-10-19(11-15(12)16(20)21)17(22)18(2)8-7-13-5-3-4-6-14(13)9-18/h3-6,12,15H,7-11H2,1-2H3,(H,20,21)/t12-,15-,18?/m1/s1. The molecule has 0 saturated carbocycles. The number of amides is 1. The van der Waals surface area contributed by atoms with Crippen LogP contribution in [0.15, 0.2) is 24.3 Å². The van der Waals surface area contributed by atoms with Crippen LogP contribution in [0, 0.1) is 17.3 Å². The van der Waals surface area contributed by atoms with Crippen molar-refractivity contribution >= 4 is 11.9 Å². The Bertz CT molecular complexity index is 612. The van der Waals surface area contributed by atoms with Crippen LogP contribution >= 0.6 is 0 Å². The fourth-order valence-electron chi connectivity index (χ4n) is 3.91. The van der Waals surface area contributed by atoms with Crippen molar-refractivity contribution in [2.45, 2.75) is 33.1 Å². The Kier molecular flexibility index (Phi) is 3.71. The van der Waals surface area contributed by atoms with Gasteiger partial charge >= 0.3 is 5.97 Å². The summed E-state index contributed by atoms with van der Waals surface area (Å²) in [6.45, 7) is 4.87. The number of aliphatic carboxylic acids is 1. The molecule has 4 nitrogen and oxygen atoms in total. The molecule has 1 aliphatic carbocycles. The second kappa shape index (κ2) is 5.41. The van der Waals surface area contributed by atoms with Crippen molar-refractivity contribution in [3.63, 3.8) is 0 Å². The lowest BCUT2D eigenvalue weighted by Crippen LogP contribution is -2.44. The van der Waals surface area contributed by atoms with E-state index in [1.54, 1.807) is 4.90 Å². The first kappa shape index (κ1) is 15.1. The lowest BCUT2D eigenvalue weighted by Gasteiger charge is -2.36. The molecule has 3 rings (SSSR count). The minimum atomic E-state index is -0.790. The summed E-state index contributed by atoms with van der Waals surface area (Å²) in [6.07, 6.45) is 2.51. The number of benzene rings is 1. The van der Waals surface area contributed by atoms with Gasteiger partial charge in [0.05, 0.1) is 11.3 Å². The number of hydrogen-bond acceptors (Lipinski definition) is 2. The van der Waals surface area contributed by atoms with Crippen LogP contribution in [0.25, 0.3) is 0 Å². The van der Waals surface area contributed by atoms with Crippen LogP contribution in [-0.4, -0.2) is 35.0 Å². The summed E-state index contributed by atoms with van der Waals surface area (Å²) in [4.78, 5) is 26.0. The van der Waals surface area contributed by atoms with Gasteiger partial charge in [-0.15, -0.1) is 0 Å². The van der Waals surface area contributed by atoms with Gasteiger partial charge < -0.3 is 10.0 Å². The summed E-state index contributed by atoms with van der Waals surface area (Å²) < 4.78 is 0. The highest BCUT2D eigenvalue weighted by atomic mass is 16.4. The first-order chi connectivity index (χ1) is 10.4. The molecule has 1 aliphatic heterocycles. The van der Waals surface area contributed by atoms with Crippen molar-refractivity contribution < 1.29 is 14.7 Å². The first-order valence-electron chi connectivity index (χ1n) is 8.00. The predicted octanol–water partition coefficient (Wildman–Crippen LogP) is 2.36. The van der Waals surface area contributed by atoms with Crippen LogP contribution in [0.1, 0.15) is 31.4 Å². The highest BCUT2D eigenvalue weighted by Gasteiger charge is 2.44. The van der Waals surface area contributed by atoms with E-state index in [1.165, 1.54) is 11.1 Å². The third kappa shape index (κ3) is 2.51. The molecule has 1 aromatic rings. The number of fused-ring (bicyclic) bond motifs is 1. The Morgan fingerprint density at radius 1 is 1.23 bits per heavy atom. The minimum Gasteiger partial charge on any atom is -0.481 e. The second-order valence-electron chi connectivity index (χ2n) is 7.14. The van der Waals surface area contributed by atoms with Gasteiger partial charge in [0.2, 0.25) is 5.91 Å². The number of carboxylic acid groups (broad SMARTS) is 1. The zero-order valence-electron chi connectivity index (χ0n) is 13.2. The Balaban J connectivity index is 1.77. The zero-order chi connectivity index (χ0) is 15.9. The SMILES string of the molecule is C[C@@H]1CN(C(=O)C2(C)CCc3ccccc3C2)C[C@H]1C(=O)O. The molecule has 0 bridgehead atoms. The van der Waals surface area contributed by atoms with Gasteiger partial charge in [0.25, 0.3) is 0 Å². The molecular weight excluding hydrogens is 278 g/mol. The molecule has 4 heteroatoms. The molecule has 1 heterocycles. The minimum absolute atomic E-state index is 0.0286. The number of carbonyl (C=O) groups is 2. The summed E-state index contributed by atoms with van der Waals surface area (Å²) in [5.74, 6) is -1.07. The van der Waals surface area contributed by atoms with Crippen molar-refractivity contribution in [2.24, 2.45) is 17.3 Å². The van der Waals surface area contributed by atoms with E-state index in [0.29, 0.717) is 13.1 Å². The Morgan fingerprint density at radius 2 is 1.91 bits per heavy atom. The van der Waals surface area contributed by atoms with Crippen LogP contribution in [-0.2, 0) is 22.4 Å². The highest BCUT2D eigenvalue weighted by Crippen LogP contribution is 2.38. The molecule has 0 radical (unpaired) electrons. The van der Waals surface area contributed by atoms with Crippen LogP contribution in [0.3, 0.4) is 0 Å². The van der Waals surface area contributed by atoms with E-state index in [0.717, 1.165) is 19.3 Å². The van der Waals surface area contributed by atoms with Gasteiger partial charge in [0, 0.05) is 13.1 Å². The van der Waals surface area contributed by atoms with Crippen LogP contribution < -0.4 is 0 Å². The van der Waals surface area contributed by atoms with Gasteiger partial charge in [0.15, 0.2) is 0 Å². The number of likely N-dealkylation sites (tertiary alicyclic amines) is 1. The summed E-state index contributed by atoms with van der Waals surface area (Å²) in [6, 6.07) is 8.31. The highest BCUT2D eigenvalue weighted by molar-refractivity contribution is 5.84. The van der Waals surface area contributed by atoms with Crippen LogP contribution in [0.5, 0.6) is 0 Å². The van der Waals surface area contributed by atoms with Gasteiger partial charge in [-0.25, -0.2) is 0 Å². The van der Waals surface area contributed by atoms with Gasteiger partial charge in [-0.05, 0) is 36.3 Å². The van der Waals surface area contributed by atoms with Gasteiger partial charge in [-0.2, -0.15) is 0 Å². The smallest absolute Gasteiger partial charge is 0.308 e. The van der Waals surface area contributed by atoms with Crippen molar-refractivity contribution in [3.8, 4) is 0 Å². The molecule has 2 aliphatic rings. The van der Waals surface area contributed by atoms with Crippen LogP contribution in [0.2, 0.25) is 0 Å². The normalized spacial score (nSPS) is 30.9. The largest absolute Gasteiger partial charge is 0.481 e. The van der Waals surface area contributed by atoms with E-state index in [2.05, 4.69) is 12.1 Å². The lowest BCUT2D eigenvalue weighted by atomic mass is 9.72. The number of carboxylic acids is 1. The molecule has 1 saturated heterocycles. The Hall–Kier alpha value is -1.84.